The van der Waals surface area contributed by atoms with Gasteiger partial charge in [-0.1, -0.05) is 27.2 Å². The summed E-state index contributed by atoms with van der Waals surface area (Å²) >= 11 is 0. The molecule has 0 saturated carbocycles. The fraction of sp³-hybridized carbons (Fsp3) is 0.769. The van der Waals surface area contributed by atoms with Crippen molar-refractivity contribution in [2.24, 2.45) is 11.7 Å². The molecule has 0 aliphatic heterocycles. The number of ether oxygens (including phenoxy) is 1. The lowest BCUT2D eigenvalue weighted by Gasteiger charge is -2.21. The van der Waals surface area contributed by atoms with Crippen LogP contribution in [0.15, 0.2) is 6.20 Å². The smallest absolute Gasteiger partial charge is 0.161 e. The van der Waals surface area contributed by atoms with E-state index >= 15 is 0 Å². The lowest BCUT2D eigenvalue weighted by molar-refractivity contribution is 0.367. The van der Waals surface area contributed by atoms with Gasteiger partial charge in [0, 0.05) is 6.54 Å². The zero-order valence-corrected chi connectivity index (χ0v) is 11.4. The van der Waals surface area contributed by atoms with E-state index in [9.17, 15) is 0 Å². The molecule has 0 saturated heterocycles. The standard InChI is InChI=1S/C13H25N3O/c1-5-7-10(3)12(14)13-11(17-4)9-15-16(13)8-6-2/h9-10,12H,5-8,14H2,1-4H3. The van der Waals surface area contributed by atoms with Crippen molar-refractivity contribution in [3.05, 3.63) is 11.9 Å². The summed E-state index contributed by atoms with van der Waals surface area (Å²) in [6, 6.07) is -0.000972. The van der Waals surface area contributed by atoms with Crippen LogP contribution in [0.25, 0.3) is 0 Å². The minimum absolute atomic E-state index is 0.000972. The van der Waals surface area contributed by atoms with Crippen LogP contribution in [0.4, 0.5) is 0 Å². The van der Waals surface area contributed by atoms with Crippen LogP contribution in [0.2, 0.25) is 0 Å². The number of nitrogens with zero attached hydrogens (tertiary/aromatic N) is 2. The van der Waals surface area contributed by atoms with Gasteiger partial charge in [-0.3, -0.25) is 4.68 Å². The molecular weight excluding hydrogens is 214 g/mol. The van der Waals surface area contributed by atoms with E-state index in [1.807, 2.05) is 4.68 Å². The molecule has 2 unspecified atom stereocenters. The fourth-order valence-electron chi connectivity index (χ4n) is 2.17. The van der Waals surface area contributed by atoms with Crippen LogP contribution in [0.5, 0.6) is 5.75 Å². The second-order valence-corrected chi connectivity index (χ2v) is 4.61. The number of methoxy groups -OCH3 is 1. The Balaban J connectivity index is 2.95. The van der Waals surface area contributed by atoms with Crippen LogP contribution in [0.3, 0.4) is 0 Å². The van der Waals surface area contributed by atoms with Crippen LogP contribution in [-0.4, -0.2) is 16.9 Å². The highest BCUT2D eigenvalue weighted by Crippen LogP contribution is 2.30. The first-order chi connectivity index (χ1) is 8.15. The van der Waals surface area contributed by atoms with Crippen molar-refractivity contribution >= 4 is 0 Å². The molecule has 0 spiro atoms. The van der Waals surface area contributed by atoms with E-state index in [1.165, 1.54) is 0 Å². The molecule has 1 rings (SSSR count). The van der Waals surface area contributed by atoms with Gasteiger partial charge in [-0.2, -0.15) is 5.10 Å². The van der Waals surface area contributed by atoms with Crippen molar-refractivity contribution in [2.45, 2.75) is 52.6 Å². The Labute approximate surface area is 104 Å². The summed E-state index contributed by atoms with van der Waals surface area (Å²) in [6.07, 6.45) is 5.09. The molecule has 0 amide bonds. The number of aromatic nitrogens is 2. The summed E-state index contributed by atoms with van der Waals surface area (Å²) in [7, 11) is 1.67. The van der Waals surface area contributed by atoms with Gasteiger partial charge in [-0.05, 0) is 18.8 Å². The van der Waals surface area contributed by atoms with E-state index in [-0.39, 0.29) is 6.04 Å². The first-order valence-electron chi connectivity index (χ1n) is 6.50. The van der Waals surface area contributed by atoms with Gasteiger partial charge in [0.1, 0.15) is 0 Å². The molecule has 17 heavy (non-hydrogen) atoms. The molecule has 2 atom stereocenters. The minimum Gasteiger partial charge on any atom is -0.493 e. The molecule has 0 radical (unpaired) electrons. The van der Waals surface area contributed by atoms with Gasteiger partial charge in [0.2, 0.25) is 0 Å². The first kappa shape index (κ1) is 14.0. The maximum atomic E-state index is 6.34. The third-order valence-electron chi connectivity index (χ3n) is 3.17. The summed E-state index contributed by atoms with van der Waals surface area (Å²) in [5, 5.41) is 4.35. The predicted octanol–water partition coefficient (Wildman–Crippen LogP) is 2.74. The maximum Gasteiger partial charge on any atom is 0.161 e. The molecule has 4 nitrogen and oxygen atoms in total. The van der Waals surface area contributed by atoms with E-state index in [0.717, 1.165) is 37.3 Å². The second kappa shape index (κ2) is 6.64. The number of hydrogen-bond acceptors (Lipinski definition) is 3. The monoisotopic (exact) mass is 239 g/mol. The van der Waals surface area contributed by atoms with E-state index in [1.54, 1.807) is 13.3 Å². The zero-order chi connectivity index (χ0) is 12.8. The molecule has 0 bridgehead atoms. The van der Waals surface area contributed by atoms with Gasteiger partial charge in [0.05, 0.1) is 25.0 Å². The Bertz CT molecular complexity index is 335. The van der Waals surface area contributed by atoms with Crippen molar-refractivity contribution in [3.63, 3.8) is 0 Å². The molecule has 0 aliphatic carbocycles. The van der Waals surface area contributed by atoms with Gasteiger partial charge in [0.25, 0.3) is 0 Å². The Morgan fingerprint density at radius 1 is 1.41 bits per heavy atom. The average Bonchev–Trinajstić information content (AvgIpc) is 2.72. The quantitative estimate of drug-likeness (QED) is 0.796. The Morgan fingerprint density at radius 3 is 2.65 bits per heavy atom. The predicted molar refractivity (Wildman–Crippen MR) is 70.1 cm³/mol. The molecular formula is C13H25N3O. The van der Waals surface area contributed by atoms with E-state index in [0.29, 0.717) is 5.92 Å². The van der Waals surface area contributed by atoms with Gasteiger partial charge < -0.3 is 10.5 Å². The molecule has 0 aliphatic rings. The van der Waals surface area contributed by atoms with E-state index in [4.69, 9.17) is 10.5 Å². The van der Waals surface area contributed by atoms with Crippen molar-refractivity contribution in [1.82, 2.24) is 9.78 Å². The lowest BCUT2D eigenvalue weighted by Crippen LogP contribution is -2.23. The average molecular weight is 239 g/mol. The minimum atomic E-state index is -0.000972. The number of hydrogen-bond donors (Lipinski definition) is 1. The summed E-state index contributed by atoms with van der Waals surface area (Å²) < 4.78 is 7.34. The van der Waals surface area contributed by atoms with Crippen LogP contribution in [-0.2, 0) is 6.54 Å². The molecule has 1 aromatic rings. The molecule has 98 valence electrons. The van der Waals surface area contributed by atoms with Gasteiger partial charge in [0.15, 0.2) is 5.75 Å². The van der Waals surface area contributed by atoms with Crippen molar-refractivity contribution < 1.29 is 4.74 Å². The Morgan fingerprint density at radius 2 is 2.12 bits per heavy atom. The Hall–Kier alpha value is -1.03. The first-order valence-corrected chi connectivity index (χ1v) is 6.50. The van der Waals surface area contributed by atoms with E-state index < -0.39 is 0 Å². The molecule has 4 heteroatoms. The number of nitrogens with two attached hydrogens (primary N) is 1. The topological polar surface area (TPSA) is 53.1 Å². The van der Waals surface area contributed by atoms with Crippen molar-refractivity contribution in [1.29, 1.82) is 0 Å². The van der Waals surface area contributed by atoms with Crippen LogP contribution in [0.1, 0.15) is 51.8 Å². The van der Waals surface area contributed by atoms with E-state index in [2.05, 4.69) is 25.9 Å². The lowest BCUT2D eigenvalue weighted by atomic mass is 9.95. The SMILES string of the molecule is CCCC(C)C(N)c1c(OC)cnn1CCC. The van der Waals surface area contributed by atoms with Gasteiger partial charge >= 0.3 is 0 Å². The van der Waals surface area contributed by atoms with Crippen LogP contribution in [0, 0.1) is 5.92 Å². The van der Waals surface area contributed by atoms with Crippen LogP contribution >= 0.6 is 0 Å². The number of aryl methyl sites for hydroxylation is 1. The maximum absolute atomic E-state index is 6.34. The fourth-order valence-corrected chi connectivity index (χ4v) is 2.17. The normalized spacial score (nSPS) is 14.6. The zero-order valence-electron chi connectivity index (χ0n) is 11.4. The van der Waals surface area contributed by atoms with Gasteiger partial charge in [-0.15, -0.1) is 0 Å². The summed E-state index contributed by atoms with van der Waals surface area (Å²) in [6.45, 7) is 7.41. The summed E-state index contributed by atoms with van der Waals surface area (Å²) in [4.78, 5) is 0. The summed E-state index contributed by atoms with van der Waals surface area (Å²) in [5.41, 5.74) is 7.37. The largest absolute Gasteiger partial charge is 0.493 e. The van der Waals surface area contributed by atoms with Gasteiger partial charge in [-0.25, -0.2) is 0 Å². The van der Waals surface area contributed by atoms with Crippen molar-refractivity contribution in [2.75, 3.05) is 7.11 Å². The molecule has 0 aromatic carbocycles. The molecule has 1 heterocycles. The third kappa shape index (κ3) is 3.22. The highest BCUT2D eigenvalue weighted by atomic mass is 16.5. The van der Waals surface area contributed by atoms with Crippen LogP contribution < -0.4 is 10.5 Å². The third-order valence-corrected chi connectivity index (χ3v) is 3.17. The Kier molecular flexibility index (Phi) is 5.48. The number of rotatable bonds is 7. The second-order valence-electron chi connectivity index (χ2n) is 4.61. The molecule has 0 fully saturated rings. The molecule has 1 aromatic heterocycles. The summed E-state index contributed by atoms with van der Waals surface area (Å²) in [5.74, 6) is 1.26. The van der Waals surface area contributed by atoms with Crippen molar-refractivity contribution in [3.8, 4) is 5.75 Å². The highest BCUT2D eigenvalue weighted by Gasteiger charge is 2.22. The molecule has 2 N–H and O–H groups in total. The highest BCUT2D eigenvalue weighted by molar-refractivity contribution is 5.28.